The van der Waals surface area contributed by atoms with Crippen molar-refractivity contribution in [1.82, 2.24) is 0 Å². The van der Waals surface area contributed by atoms with Gasteiger partial charge in [-0.2, -0.15) is 0 Å². The van der Waals surface area contributed by atoms with Crippen LogP contribution < -0.4 is 0 Å². The minimum Gasteiger partial charge on any atom is -0.460 e. The van der Waals surface area contributed by atoms with E-state index < -0.39 is 17.7 Å². The molecule has 0 heterocycles. The van der Waals surface area contributed by atoms with Crippen LogP contribution in [-0.2, 0) is 9.53 Å². The number of esters is 1. The summed E-state index contributed by atoms with van der Waals surface area (Å²) in [6, 6.07) is 0. The van der Waals surface area contributed by atoms with Crippen molar-refractivity contribution in [3.8, 4) is 0 Å². The highest BCUT2D eigenvalue weighted by Crippen LogP contribution is 2.25. The zero-order chi connectivity index (χ0) is 12.2. The second kappa shape index (κ2) is 5.09. The fraction of sp³-hybridized carbons (Fsp3) is 0.417. The maximum atomic E-state index is 11.5. The molecule has 2 atom stereocenters. The van der Waals surface area contributed by atoms with Gasteiger partial charge in [-0.1, -0.05) is 24.8 Å². The van der Waals surface area contributed by atoms with Crippen LogP contribution in [0.5, 0.6) is 0 Å². The Morgan fingerprint density at radius 3 is 2.81 bits per heavy atom. The number of carbonyl (C=O) groups excluding carboxylic acids is 1. The van der Waals surface area contributed by atoms with E-state index in [9.17, 15) is 9.90 Å². The summed E-state index contributed by atoms with van der Waals surface area (Å²) in [5, 5.41) is 19.0. The summed E-state index contributed by atoms with van der Waals surface area (Å²) in [6.45, 7) is 4.94. The predicted molar refractivity (Wildman–Crippen MR) is 59.6 cm³/mol. The van der Waals surface area contributed by atoms with Crippen LogP contribution in [0.1, 0.15) is 13.3 Å². The number of rotatable bonds is 4. The molecule has 0 saturated heterocycles. The minimum atomic E-state index is -1.37. The Morgan fingerprint density at radius 2 is 2.31 bits per heavy atom. The number of ether oxygens (including phenoxy) is 1. The summed E-state index contributed by atoms with van der Waals surface area (Å²) in [6.07, 6.45) is 6.24. The molecule has 0 aliphatic heterocycles. The van der Waals surface area contributed by atoms with Crippen molar-refractivity contribution >= 4 is 5.97 Å². The first kappa shape index (κ1) is 12.7. The van der Waals surface area contributed by atoms with Crippen LogP contribution in [0.2, 0.25) is 0 Å². The lowest BCUT2D eigenvalue weighted by atomic mass is 9.88. The Kier molecular flexibility index (Phi) is 4.04. The number of allylic oxidation sites excluding steroid dienone is 2. The van der Waals surface area contributed by atoms with Crippen LogP contribution in [-0.4, -0.2) is 34.5 Å². The Hall–Kier alpha value is -1.39. The molecule has 2 unspecified atom stereocenters. The number of hydrogen-bond acceptors (Lipinski definition) is 4. The van der Waals surface area contributed by atoms with Crippen LogP contribution in [0.25, 0.3) is 0 Å². The van der Waals surface area contributed by atoms with Crippen molar-refractivity contribution < 1.29 is 19.7 Å². The molecule has 2 N–H and O–H groups in total. The third kappa shape index (κ3) is 3.05. The molecule has 16 heavy (non-hydrogen) atoms. The molecule has 1 aliphatic carbocycles. The maximum Gasteiger partial charge on any atom is 0.336 e. The monoisotopic (exact) mass is 224 g/mol. The van der Waals surface area contributed by atoms with Gasteiger partial charge in [-0.25, -0.2) is 4.79 Å². The van der Waals surface area contributed by atoms with Crippen LogP contribution in [0.15, 0.2) is 36.5 Å². The number of aliphatic hydroxyl groups is 2. The van der Waals surface area contributed by atoms with Crippen molar-refractivity contribution in [2.24, 2.45) is 0 Å². The molecule has 0 saturated carbocycles. The third-order valence-electron chi connectivity index (χ3n) is 2.27. The zero-order valence-electron chi connectivity index (χ0n) is 9.22. The highest BCUT2D eigenvalue weighted by molar-refractivity contribution is 5.90. The Labute approximate surface area is 94.5 Å². The molecule has 0 aromatic carbocycles. The van der Waals surface area contributed by atoms with Gasteiger partial charge in [0, 0.05) is 6.42 Å². The fourth-order valence-corrected chi connectivity index (χ4v) is 1.29. The molecule has 1 rings (SSSR count). The van der Waals surface area contributed by atoms with E-state index in [0.29, 0.717) is 6.42 Å². The van der Waals surface area contributed by atoms with E-state index >= 15 is 0 Å². The Morgan fingerprint density at radius 1 is 1.62 bits per heavy atom. The molecule has 0 aromatic rings. The molecule has 0 radical (unpaired) electrons. The highest BCUT2D eigenvalue weighted by atomic mass is 16.5. The van der Waals surface area contributed by atoms with Gasteiger partial charge in [0.1, 0.15) is 12.2 Å². The summed E-state index contributed by atoms with van der Waals surface area (Å²) in [4.78, 5) is 11.5. The van der Waals surface area contributed by atoms with Crippen molar-refractivity contribution in [2.45, 2.75) is 25.0 Å². The summed E-state index contributed by atoms with van der Waals surface area (Å²) in [5.41, 5.74) is -1.39. The van der Waals surface area contributed by atoms with E-state index in [2.05, 4.69) is 6.58 Å². The van der Waals surface area contributed by atoms with Gasteiger partial charge < -0.3 is 14.9 Å². The first-order chi connectivity index (χ1) is 7.46. The molecule has 88 valence electrons. The summed E-state index contributed by atoms with van der Waals surface area (Å²) in [5.74, 6) is -0.691. The molecule has 4 nitrogen and oxygen atoms in total. The van der Waals surface area contributed by atoms with Crippen molar-refractivity contribution in [1.29, 1.82) is 0 Å². The average Bonchev–Trinajstić information content (AvgIpc) is 2.25. The van der Waals surface area contributed by atoms with Gasteiger partial charge in [-0.15, -0.1) is 0 Å². The van der Waals surface area contributed by atoms with Crippen molar-refractivity contribution in [3.63, 3.8) is 0 Å². The van der Waals surface area contributed by atoms with E-state index in [-0.39, 0.29) is 12.2 Å². The molecule has 0 aromatic heterocycles. The fourth-order valence-electron chi connectivity index (χ4n) is 1.29. The van der Waals surface area contributed by atoms with E-state index in [4.69, 9.17) is 9.84 Å². The first-order valence-electron chi connectivity index (χ1n) is 5.07. The molecule has 4 heteroatoms. The summed E-state index contributed by atoms with van der Waals surface area (Å²) in [7, 11) is 0. The van der Waals surface area contributed by atoms with Crippen LogP contribution in [0.3, 0.4) is 0 Å². The summed E-state index contributed by atoms with van der Waals surface area (Å²) >= 11 is 0. The maximum absolute atomic E-state index is 11.5. The highest BCUT2D eigenvalue weighted by Gasteiger charge is 2.32. The molecule has 0 amide bonds. The van der Waals surface area contributed by atoms with Gasteiger partial charge in [0.25, 0.3) is 0 Å². The normalized spacial score (nSPS) is 25.2. The van der Waals surface area contributed by atoms with E-state index in [0.717, 1.165) is 0 Å². The van der Waals surface area contributed by atoms with Gasteiger partial charge in [-0.3, -0.25) is 0 Å². The number of carbonyl (C=O) groups is 1. The number of hydrogen-bond donors (Lipinski definition) is 2. The van der Waals surface area contributed by atoms with E-state index in [1.807, 2.05) is 0 Å². The first-order valence-corrected chi connectivity index (χ1v) is 5.07. The molecular formula is C12H16O4. The lowest BCUT2D eigenvalue weighted by molar-refractivity contribution is -0.143. The van der Waals surface area contributed by atoms with Crippen molar-refractivity contribution in [3.05, 3.63) is 36.5 Å². The molecular weight excluding hydrogens is 208 g/mol. The second-order valence-electron chi connectivity index (χ2n) is 3.84. The van der Waals surface area contributed by atoms with E-state index in [1.54, 1.807) is 18.2 Å². The average molecular weight is 224 g/mol. The second-order valence-corrected chi connectivity index (χ2v) is 3.84. The standard InChI is InChI=1S/C12H16O4/c1-9(13)8-16-11(14)10(2)12(15)6-4-3-5-7-12/h3-6,9,13,15H,2,7-8H2,1H3. The lowest BCUT2D eigenvalue weighted by Crippen LogP contribution is -2.34. The van der Waals surface area contributed by atoms with Crippen LogP contribution in [0.4, 0.5) is 0 Å². The van der Waals surface area contributed by atoms with Crippen LogP contribution >= 0.6 is 0 Å². The molecule has 0 spiro atoms. The molecule has 0 bridgehead atoms. The third-order valence-corrected chi connectivity index (χ3v) is 2.27. The van der Waals surface area contributed by atoms with Crippen LogP contribution in [0, 0.1) is 0 Å². The van der Waals surface area contributed by atoms with Gasteiger partial charge in [-0.05, 0) is 13.0 Å². The van der Waals surface area contributed by atoms with Crippen molar-refractivity contribution in [2.75, 3.05) is 6.61 Å². The Bertz CT molecular complexity index is 341. The minimum absolute atomic E-state index is 0.0197. The topological polar surface area (TPSA) is 66.8 Å². The molecule has 0 fully saturated rings. The van der Waals surface area contributed by atoms with Gasteiger partial charge in [0.2, 0.25) is 0 Å². The smallest absolute Gasteiger partial charge is 0.336 e. The largest absolute Gasteiger partial charge is 0.460 e. The Balaban J connectivity index is 2.60. The van der Waals surface area contributed by atoms with Gasteiger partial charge in [0.15, 0.2) is 0 Å². The predicted octanol–water partition coefficient (Wildman–Crippen LogP) is 0.714. The van der Waals surface area contributed by atoms with Gasteiger partial charge in [0.05, 0.1) is 11.7 Å². The zero-order valence-corrected chi connectivity index (χ0v) is 9.22. The summed E-state index contributed by atoms with van der Waals surface area (Å²) < 4.78 is 4.78. The quantitative estimate of drug-likeness (QED) is 0.545. The number of aliphatic hydroxyl groups excluding tert-OH is 1. The molecule has 1 aliphatic rings. The van der Waals surface area contributed by atoms with E-state index in [1.165, 1.54) is 13.0 Å². The lowest BCUT2D eigenvalue weighted by Gasteiger charge is -2.26. The SMILES string of the molecule is C=C(C(=O)OCC(C)O)C1(O)C=CC=CC1. The van der Waals surface area contributed by atoms with Gasteiger partial charge >= 0.3 is 5.97 Å².